The van der Waals surface area contributed by atoms with Gasteiger partial charge in [0.25, 0.3) is 0 Å². The van der Waals surface area contributed by atoms with Gasteiger partial charge in [0.05, 0.1) is 11.3 Å². The highest BCUT2D eigenvalue weighted by Gasteiger charge is 2.02. The smallest absolute Gasteiger partial charge is 0.137 e. The summed E-state index contributed by atoms with van der Waals surface area (Å²) in [6.07, 6.45) is 2.19. The molecule has 0 aliphatic rings. The number of nitriles is 1. The van der Waals surface area contributed by atoms with Crippen LogP contribution in [0.4, 0.5) is 11.4 Å². The molecule has 1 heterocycles. The highest BCUT2D eigenvalue weighted by Crippen LogP contribution is 2.17. The molecule has 0 saturated carbocycles. The quantitative estimate of drug-likeness (QED) is 0.675. The second-order valence-corrected chi connectivity index (χ2v) is 3.53. The van der Waals surface area contributed by atoms with E-state index < -0.39 is 0 Å². The number of anilines is 2. The summed E-state index contributed by atoms with van der Waals surface area (Å²) in [5, 5.41) is 18.7. The number of rotatable bonds is 4. The fourth-order valence-corrected chi connectivity index (χ4v) is 1.48. The van der Waals surface area contributed by atoms with Crippen molar-refractivity contribution in [1.82, 2.24) is 15.2 Å². The summed E-state index contributed by atoms with van der Waals surface area (Å²) in [5.74, 6) is 0.812. The lowest BCUT2D eigenvalue weighted by Gasteiger charge is -2.07. The summed E-state index contributed by atoms with van der Waals surface area (Å²) < 4.78 is 0. The van der Waals surface area contributed by atoms with Crippen LogP contribution in [-0.4, -0.2) is 21.7 Å². The maximum Gasteiger partial charge on any atom is 0.137 e. The van der Waals surface area contributed by atoms with Crippen molar-refractivity contribution in [3.8, 4) is 6.07 Å². The summed E-state index contributed by atoms with van der Waals surface area (Å²) in [5.41, 5.74) is 7.52. The van der Waals surface area contributed by atoms with Crippen LogP contribution >= 0.6 is 0 Å². The van der Waals surface area contributed by atoms with E-state index in [0.717, 1.165) is 17.9 Å². The van der Waals surface area contributed by atoms with E-state index in [0.29, 0.717) is 17.8 Å². The van der Waals surface area contributed by atoms with Gasteiger partial charge in [-0.15, -0.1) is 0 Å². The van der Waals surface area contributed by atoms with Crippen LogP contribution in [0.15, 0.2) is 24.5 Å². The standard InChI is InChI=1S/C11H12N6/c12-6-8-5-9(13)1-2-10(8)14-4-3-11-15-7-16-17-11/h1-2,5,7,14H,3-4,13H2,(H,15,16,17). The van der Waals surface area contributed by atoms with E-state index in [-0.39, 0.29) is 0 Å². The number of hydrogen-bond donors (Lipinski definition) is 3. The fraction of sp³-hybridized carbons (Fsp3) is 0.182. The summed E-state index contributed by atoms with van der Waals surface area (Å²) in [4.78, 5) is 4.01. The zero-order chi connectivity index (χ0) is 12.1. The maximum atomic E-state index is 8.95. The lowest BCUT2D eigenvalue weighted by atomic mass is 10.1. The predicted octanol–water partition coefficient (Wildman–Crippen LogP) is 0.913. The van der Waals surface area contributed by atoms with Crippen LogP contribution in [0.25, 0.3) is 0 Å². The molecule has 0 aliphatic carbocycles. The molecule has 6 heteroatoms. The fourth-order valence-electron chi connectivity index (χ4n) is 1.48. The minimum atomic E-state index is 0.544. The topological polar surface area (TPSA) is 103 Å². The van der Waals surface area contributed by atoms with Gasteiger partial charge in [0.1, 0.15) is 18.2 Å². The molecule has 17 heavy (non-hydrogen) atoms. The summed E-state index contributed by atoms with van der Waals surface area (Å²) >= 11 is 0. The molecule has 0 aliphatic heterocycles. The van der Waals surface area contributed by atoms with E-state index in [1.165, 1.54) is 6.33 Å². The number of benzene rings is 1. The van der Waals surface area contributed by atoms with Gasteiger partial charge < -0.3 is 11.1 Å². The van der Waals surface area contributed by atoms with E-state index >= 15 is 0 Å². The van der Waals surface area contributed by atoms with Gasteiger partial charge in [0, 0.05) is 18.7 Å². The third-order valence-electron chi connectivity index (χ3n) is 2.31. The maximum absolute atomic E-state index is 8.95. The van der Waals surface area contributed by atoms with Crippen molar-refractivity contribution in [2.45, 2.75) is 6.42 Å². The van der Waals surface area contributed by atoms with Gasteiger partial charge in [0.2, 0.25) is 0 Å². The predicted molar refractivity (Wildman–Crippen MR) is 64.1 cm³/mol. The van der Waals surface area contributed by atoms with Crippen LogP contribution in [0.3, 0.4) is 0 Å². The highest BCUT2D eigenvalue weighted by atomic mass is 15.2. The minimum absolute atomic E-state index is 0.544. The Bertz CT molecular complexity index is 525. The van der Waals surface area contributed by atoms with E-state index in [2.05, 4.69) is 26.6 Å². The molecule has 0 atom stereocenters. The molecule has 86 valence electrons. The Morgan fingerprint density at radius 3 is 3.06 bits per heavy atom. The lowest BCUT2D eigenvalue weighted by molar-refractivity contribution is 0.901. The average molecular weight is 228 g/mol. The highest BCUT2D eigenvalue weighted by molar-refractivity contribution is 5.62. The molecule has 2 rings (SSSR count). The molecular weight excluding hydrogens is 216 g/mol. The van der Waals surface area contributed by atoms with Crippen molar-refractivity contribution in [1.29, 1.82) is 5.26 Å². The van der Waals surface area contributed by atoms with Crippen LogP contribution in [-0.2, 0) is 6.42 Å². The third-order valence-corrected chi connectivity index (χ3v) is 2.31. The second-order valence-electron chi connectivity index (χ2n) is 3.53. The van der Waals surface area contributed by atoms with E-state index in [9.17, 15) is 0 Å². The van der Waals surface area contributed by atoms with E-state index in [4.69, 9.17) is 11.0 Å². The first-order valence-electron chi connectivity index (χ1n) is 5.17. The molecule has 0 unspecified atom stereocenters. The Kier molecular flexibility index (Phi) is 3.21. The molecule has 1 aromatic heterocycles. The van der Waals surface area contributed by atoms with Crippen LogP contribution in [0, 0.1) is 11.3 Å². The molecule has 0 spiro atoms. The molecule has 4 N–H and O–H groups in total. The largest absolute Gasteiger partial charge is 0.399 e. The molecule has 0 fully saturated rings. The minimum Gasteiger partial charge on any atom is -0.399 e. The van der Waals surface area contributed by atoms with E-state index in [1.807, 2.05) is 0 Å². The number of nitrogens with one attached hydrogen (secondary N) is 2. The van der Waals surface area contributed by atoms with Gasteiger partial charge in [-0.25, -0.2) is 4.98 Å². The van der Waals surface area contributed by atoms with Crippen molar-refractivity contribution < 1.29 is 0 Å². The molecular formula is C11H12N6. The Balaban J connectivity index is 1.97. The van der Waals surface area contributed by atoms with Crippen LogP contribution in [0.5, 0.6) is 0 Å². The summed E-state index contributed by atoms with van der Waals surface area (Å²) in [6.45, 7) is 0.674. The first kappa shape index (κ1) is 11.0. The zero-order valence-electron chi connectivity index (χ0n) is 9.14. The van der Waals surface area contributed by atoms with Crippen molar-refractivity contribution >= 4 is 11.4 Å². The number of nitrogens with two attached hydrogens (primary N) is 1. The van der Waals surface area contributed by atoms with Gasteiger partial charge in [-0.2, -0.15) is 10.4 Å². The molecule has 6 nitrogen and oxygen atoms in total. The molecule has 0 radical (unpaired) electrons. The van der Waals surface area contributed by atoms with Crippen molar-refractivity contribution in [3.63, 3.8) is 0 Å². The number of aromatic amines is 1. The van der Waals surface area contributed by atoms with Gasteiger partial charge in [0.15, 0.2) is 0 Å². The number of hydrogen-bond acceptors (Lipinski definition) is 5. The summed E-state index contributed by atoms with van der Waals surface area (Å²) in [7, 11) is 0. The molecule has 1 aromatic carbocycles. The average Bonchev–Trinajstić information content (AvgIpc) is 2.84. The van der Waals surface area contributed by atoms with Crippen molar-refractivity contribution in [3.05, 3.63) is 35.9 Å². The number of aromatic nitrogens is 3. The Morgan fingerprint density at radius 1 is 1.47 bits per heavy atom. The molecule has 0 bridgehead atoms. The zero-order valence-corrected chi connectivity index (χ0v) is 9.14. The Labute approximate surface area is 98.5 Å². The lowest BCUT2D eigenvalue weighted by Crippen LogP contribution is -2.07. The van der Waals surface area contributed by atoms with Crippen molar-refractivity contribution in [2.24, 2.45) is 0 Å². The monoisotopic (exact) mass is 228 g/mol. The van der Waals surface area contributed by atoms with Gasteiger partial charge >= 0.3 is 0 Å². The van der Waals surface area contributed by atoms with Crippen LogP contribution in [0.2, 0.25) is 0 Å². The van der Waals surface area contributed by atoms with E-state index in [1.54, 1.807) is 18.2 Å². The van der Waals surface area contributed by atoms with Gasteiger partial charge in [-0.1, -0.05) is 0 Å². The number of nitrogen functional groups attached to an aromatic ring is 1. The van der Waals surface area contributed by atoms with Crippen LogP contribution in [0.1, 0.15) is 11.4 Å². The molecule has 0 saturated heterocycles. The number of H-pyrrole nitrogens is 1. The molecule has 0 amide bonds. The van der Waals surface area contributed by atoms with Gasteiger partial charge in [-0.3, -0.25) is 5.10 Å². The van der Waals surface area contributed by atoms with Crippen LogP contribution < -0.4 is 11.1 Å². The van der Waals surface area contributed by atoms with Gasteiger partial charge in [-0.05, 0) is 18.2 Å². The summed E-state index contributed by atoms with van der Waals surface area (Å²) in [6, 6.07) is 7.31. The Morgan fingerprint density at radius 2 is 2.35 bits per heavy atom. The molecule has 2 aromatic rings. The normalized spacial score (nSPS) is 9.82. The second kappa shape index (κ2) is 4.99. The first-order valence-corrected chi connectivity index (χ1v) is 5.17. The SMILES string of the molecule is N#Cc1cc(N)ccc1NCCc1ncn[nH]1. The van der Waals surface area contributed by atoms with Crippen molar-refractivity contribution in [2.75, 3.05) is 17.6 Å². The number of nitrogens with zero attached hydrogens (tertiary/aromatic N) is 3. The Hall–Kier alpha value is -2.55. The first-order chi connectivity index (χ1) is 8.29. The third kappa shape index (κ3) is 2.72.